The van der Waals surface area contributed by atoms with Gasteiger partial charge in [-0.1, -0.05) is 6.58 Å². The second-order valence-electron chi connectivity index (χ2n) is 11.5. The van der Waals surface area contributed by atoms with Crippen LogP contribution in [0.2, 0.25) is 0 Å². The van der Waals surface area contributed by atoms with E-state index in [1.54, 1.807) is 18.2 Å². The average Bonchev–Trinajstić information content (AvgIpc) is 3.79. The first-order valence-electron chi connectivity index (χ1n) is 14.9. The third-order valence-electron chi connectivity index (χ3n) is 8.36. The van der Waals surface area contributed by atoms with E-state index in [1.165, 1.54) is 6.08 Å². The van der Waals surface area contributed by atoms with Crippen LogP contribution in [-0.4, -0.2) is 45.8 Å². The number of rotatable bonds is 2. The molecule has 48 heavy (non-hydrogen) atoms. The normalized spacial score (nSPS) is 11.8. The number of benzene rings is 4. The lowest BCUT2D eigenvalue weighted by Gasteiger charge is -2.02. The molecule has 1 amide bonds. The van der Waals surface area contributed by atoms with Gasteiger partial charge in [-0.15, -0.1) is 0 Å². The van der Waals surface area contributed by atoms with E-state index in [0.717, 1.165) is 38.4 Å². The molecule has 3 aromatic heterocycles. The molecular formula is C35H24N12O. The summed E-state index contributed by atoms with van der Waals surface area (Å²) in [6, 6.07) is 22.0. The van der Waals surface area contributed by atoms with Crippen molar-refractivity contribution in [1.82, 2.24) is 39.9 Å². The lowest BCUT2D eigenvalue weighted by Crippen LogP contribution is -2.06. The van der Waals surface area contributed by atoms with Crippen LogP contribution in [0.4, 0.5) is 22.7 Å². The molecule has 0 atom stereocenters. The van der Waals surface area contributed by atoms with E-state index < -0.39 is 0 Å². The van der Waals surface area contributed by atoms with Crippen LogP contribution in [0.3, 0.4) is 0 Å². The quantitative estimate of drug-likeness (QED) is 0.101. The molecule has 2 aliphatic rings. The fourth-order valence-corrected chi connectivity index (χ4v) is 6.12. The predicted molar refractivity (Wildman–Crippen MR) is 188 cm³/mol. The highest BCUT2D eigenvalue weighted by Gasteiger charge is 2.23. The maximum atomic E-state index is 12.2. The molecule has 0 saturated carbocycles. The number of nitrogens with zero attached hydrogens (tertiary/aromatic N) is 6. The number of carbonyl (C=O) groups excluding carboxylic acids is 1. The number of aromatic nitrogens is 8. The molecule has 8 bridgehead atoms. The van der Waals surface area contributed by atoms with Crippen molar-refractivity contribution in [2.75, 3.05) is 22.5 Å². The minimum absolute atomic E-state index is 0.338. The first-order valence-corrected chi connectivity index (χ1v) is 14.9. The van der Waals surface area contributed by atoms with Gasteiger partial charge in [0.25, 0.3) is 0 Å². The maximum Gasteiger partial charge on any atom is 0.247 e. The fourth-order valence-electron chi connectivity index (χ4n) is 6.12. The number of aromatic amines is 2. The van der Waals surface area contributed by atoms with E-state index >= 15 is 0 Å². The number of fused-ring (bicyclic) bond motifs is 20. The van der Waals surface area contributed by atoms with Gasteiger partial charge in [0, 0.05) is 66.5 Å². The summed E-state index contributed by atoms with van der Waals surface area (Å²) in [4.78, 5) is 48.6. The van der Waals surface area contributed by atoms with Gasteiger partial charge in [-0.25, -0.2) is 29.9 Å². The summed E-state index contributed by atoms with van der Waals surface area (Å²) in [6.45, 7) is 3.56. The van der Waals surface area contributed by atoms with Crippen LogP contribution in [0.15, 0.2) is 85.5 Å². The Morgan fingerprint density at radius 2 is 0.979 bits per heavy atom. The standard InChI is InChI=1S/C35H24N12O/c1-2-27(48)39-18-6-10-22-26(14-18)35-46-30-21-9-5-17(38)13-25(21)33(44-30)42-28-19-7-3-15(36)11-23(19)32(40-28)41-29-20-8-4-16(37)12-24(20)34(43-29)45-31(22)47-35/h2-14H,1,36-38H2,(H,39,48)(H2,40,41,42,43,44,45,46,47). The van der Waals surface area contributed by atoms with Crippen molar-refractivity contribution < 1.29 is 4.79 Å². The van der Waals surface area contributed by atoms with Gasteiger partial charge in [0.05, 0.1) is 0 Å². The van der Waals surface area contributed by atoms with Gasteiger partial charge >= 0.3 is 0 Å². The number of amides is 1. The highest BCUT2D eigenvalue weighted by molar-refractivity contribution is 6.09. The second-order valence-corrected chi connectivity index (χ2v) is 11.5. The van der Waals surface area contributed by atoms with E-state index in [9.17, 15) is 4.79 Å². The van der Waals surface area contributed by atoms with Crippen LogP contribution in [0.1, 0.15) is 0 Å². The molecule has 2 aliphatic heterocycles. The molecule has 0 aliphatic carbocycles. The highest BCUT2D eigenvalue weighted by atomic mass is 16.1. The summed E-state index contributed by atoms with van der Waals surface area (Å²) < 4.78 is 0. The van der Waals surface area contributed by atoms with Crippen molar-refractivity contribution >= 4 is 72.8 Å². The van der Waals surface area contributed by atoms with Gasteiger partial charge in [-0.05, 0) is 78.9 Å². The van der Waals surface area contributed by atoms with E-state index in [0.29, 0.717) is 74.0 Å². The van der Waals surface area contributed by atoms with Crippen molar-refractivity contribution in [3.8, 4) is 45.6 Å². The Bertz CT molecular complexity index is 2730. The van der Waals surface area contributed by atoms with Gasteiger partial charge in [-0.2, -0.15) is 0 Å². The van der Waals surface area contributed by atoms with Crippen molar-refractivity contribution in [3.63, 3.8) is 0 Å². The van der Waals surface area contributed by atoms with Crippen LogP contribution >= 0.6 is 0 Å². The molecule has 13 nitrogen and oxygen atoms in total. The summed E-state index contributed by atoms with van der Waals surface area (Å²) in [7, 11) is 0. The number of nitrogen functional groups attached to an aromatic ring is 3. The molecule has 5 heterocycles. The summed E-state index contributed by atoms with van der Waals surface area (Å²) in [5.74, 6) is 1.36. The van der Waals surface area contributed by atoms with Crippen molar-refractivity contribution in [2.24, 2.45) is 0 Å². The molecule has 0 radical (unpaired) electrons. The fraction of sp³-hybridized carbons (Fsp3) is 0. The molecule has 0 fully saturated rings. The third-order valence-corrected chi connectivity index (χ3v) is 8.36. The molecule has 0 spiro atoms. The lowest BCUT2D eigenvalue weighted by molar-refractivity contribution is -0.111. The Morgan fingerprint density at radius 1 is 0.542 bits per heavy atom. The third kappa shape index (κ3) is 4.22. The Balaban J connectivity index is 1.46. The number of anilines is 4. The van der Waals surface area contributed by atoms with Gasteiger partial charge in [0.1, 0.15) is 22.6 Å². The molecule has 0 unspecified atom stereocenters. The van der Waals surface area contributed by atoms with Crippen molar-refractivity contribution in [3.05, 3.63) is 85.5 Å². The highest BCUT2D eigenvalue weighted by Crippen LogP contribution is 2.38. The van der Waals surface area contributed by atoms with Crippen LogP contribution in [-0.2, 0) is 4.79 Å². The number of H-pyrrole nitrogens is 2. The smallest absolute Gasteiger partial charge is 0.247 e. The number of nitrogens with one attached hydrogen (secondary N) is 3. The Kier molecular flexibility index (Phi) is 5.62. The minimum atomic E-state index is -0.338. The number of nitrogens with two attached hydrogens (primary N) is 3. The van der Waals surface area contributed by atoms with Crippen LogP contribution < -0.4 is 22.5 Å². The Morgan fingerprint density at radius 3 is 1.52 bits per heavy atom. The molecule has 13 heteroatoms. The summed E-state index contributed by atoms with van der Waals surface area (Å²) in [5, 5.41) is 5.82. The van der Waals surface area contributed by atoms with Crippen molar-refractivity contribution in [1.29, 1.82) is 0 Å². The van der Waals surface area contributed by atoms with Gasteiger partial charge in [0.15, 0.2) is 23.3 Å². The topological polar surface area (TPSA) is 216 Å². The predicted octanol–water partition coefficient (Wildman–Crippen LogP) is 5.74. The van der Waals surface area contributed by atoms with E-state index in [1.807, 2.05) is 54.6 Å². The Hall–Kier alpha value is -7.15. The molecule has 9 N–H and O–H groups in total. The Labute approximate surface area is 270 Å². The number of hydrogen-bond donors (Lipinski definition) is 6. The summed E-state index contributed by atoms with van der Waals surface area (Å²) in [6.07, 6.45) is 1.21. The van der Waals surface area contributed by atoms with E-state index in [4.69, 9.17) is 47.1 Å². The van der Waals surface area contributed by atoms with E-state index in [2.05, 4.69) is 21.9 Å². The molecular weight excluding hydrogens is 604 g/mol. The first kappa shape index (κ1) is 27.2. The monoisotopic (exact) mass is 628 g/mol. The van der Waals surface area contributed by atoms with E-state index in [-0.39, 0.29) is 5.91 Å². The molecule has 9 rings (SSSR count). The number of carbonyl (C=O) groups is 1. The van der Waals surface area contributed by atoms with Crippen LogP contribution in [0, 0.1) is 0 Å². The molecule has 7 aromatic rings. The summed E-state index contributed by atoms with van der Waals surface area (Å²) in [5.41, 5.74) is 25.9. The van der Waals surface area contributed by atoms with Gasteiger partial charge < -0.3 is 32.5 Å². The molecule has 0 saturated heterocycles. The second kappa shape index (κ2) is 9.92. The zero-order valence-corrected chi connectivity index (χ0v) is 25.0. The largest absolute Gasteiger partial charge is 0.399 e. The van der Waals surface area contributed by atoms with Crippen LogP contribution in [0.5, 0.6) is 0 Å². The lowest BCUT2D eigenvalue weighted by atomic mass is 10.1. The SMILES string of the molecule is C=CC(=O)Nc1ccc2c3nc4nc(nc5[nH]c(nc6nc(nc([nH]3)c2c1)-c1ccc(N)cc1-6)c1ccc(N)cc51)-c1ccc(N)cc1-4. The first-order chi connectivity index (χ1) is 23.3. The van der Waals surface area contributed by atoms with Crippen LogP contribution in [0.25, 0.3) is 89.7 Å². The van der Waals surface area contributed by atoms with Gasteiger partial charge in [-0.3, -0.25) is 4.79 Å². The maximum absolute atomic E-state index is 12.2. The zero-order chi connectivity index (χ0) is 32.7. The minimum Gasteiger partial charge on any atom is -0.399 e. The number of hydrogen-bond acceptors (Lipinski definition) is 10. The molecule has 230 valence electrons. The molecule has 4 aromatic carbocycles. The van der Waals surface area contributed by atoms with Crippen molar-refractivity contribution in [2.45, 2.75) is 0 Å². The summed E-state index contributed by atoms with van der Waals surface area (Å²) >= 11 is 0. The van der Waals surface area contributed by atoms with Gasteiger partial charge in [0.2, 0.25) is 5.91 Å². The zero-order valence-electron chi connectivity index (χ0n) is 25.0. The average molecular weight is 629 g/mol.